The van der Waals surface area contributed by atoms with Crippen molar-refractivity contribution < 1.29 is 9.59 Å². The van der Waals surface area contributed by atoms with Crippen molar-refractivity contribution >= 4 is 23.7 Å². The fraction of sp³-hybridized carbons (Fsp3) is 0.0526. The molecule has 0 heterocycles. The average molecular weight is 272 g/mol. The molecule has 0 aliphatic heterocycles. The molecule has 0 N–H and O–H groups in total. The normalized spacial score (nSPS) is 18.5. The van der Waals surface area contributed by atoms with Gasteiger partial charge in [-0.1, -0.05) is 36.5 Å². The Morgan fingerprint density at radius 1 is 0.714 bits per heavy atom. The number of hydrogen-bond acceptors (Lipinski definition) is 2. The van der Waals surface area contributed by atoms with Crippen LogP contribution in [0.4, 0.5) is 0 Å². The topological polar surface area (TPSA) is 34.1 Å². The van der Waals surface area contributed by atoms with Crippen molar-refractivity contribution in [2.45, 2.75) is 6.42 Å². The maximum absolute atomic E-state index is 12.0. The number of allylic oxidation sites excluding steroid dienone is 8. The Balaban J connectivity index is 2.08. The first-order valence-corrected chi connectivity index (χ1v) is 6.91. The summed E-state index contributed by atoms with van der Waals surface area (Å²) in [4.78, 5) is 24.0. The molecule has 21 heavy (non-hydrogen) atoms. The van der Waals surface area contributed by atoms with Gasteiger partial charge in [0.2, 0.25) is 0 Å². The second kappa shape index (κ2) is 4.38. The predicted octanol–water partition coefficient (Wildman–Crippen LogP) is 2.01. The quantitative estimate of drug-likeness (QED) is 0.724. The Hall–Kier alpha value is -2.74. The van der Waals surface area contributed by atoms with Gasteiger partial charge in [-0.3, -0.25) is 9.59 Å². The highest BCUT2D eigenvalue weighted by atomic mass is 16.1. The Kier molecular flexibility index (Phi) is 2.51. The van der Waals surface area contributed by atoms with Gasteiger partial charge in [0.25, 0.3) is 0 Å². The zero-order valence-corrected chi connectivity index (χ0v) is 11.3. The van der Waals surface area contributed by atoms with Crippen molar-refractivity contribution in [2.24, 2.45) is 0 Å². The van der Waals surface area contributed by atoms with Gasteiger partial charge in [0.1, 0.15) is 0 Å². The molecule has 0 radical (unpaired) electrons. The minimum atomic E-state index is -0.0988. The largest absolute Gasteiger partial charge is 0.289 e. The third-order valence-electron chi connectivity index (χ3n) is 3.96. The van der Waals surface area contributed by atoms with Crippen LogP contribution in [0.3, 0.4) is 0 Å². The molecule has 0 amide bonds. The van der Waals surface area contributed by atoms with Crippen molar-refractivity contribution in [3.8, 4) is 0 Å². The van der Waals surface area contributed by atoms with Crippen LogP contribution < -0.4 is 10.4 Å². The number of carbonyl (C=O) groups is 2. The molecule has 4 rings (SSSR count). The van der Waals surface area contributed by atoms with Crippen LogP contribution in [0, 0.1) is 0 Å². The Morgan fingerprint density at radius 2 is 1.19 bits per heavy atom. The third-order valence-corrected chi connectivity index (χ3v) is 3.96. The summed E-state index contributed by atoms with van der Waals surface area (Å²) in [7, 11) is 0. The monoisotopic (exact) mass is 272 g/mol. The van der Waals surface area contributed by atoms with Gasteiger partial charge >= 0.3 is 0 Å². The maximum Gasteiger partial charge on any atom is 0.186 e. The lowest BCUT2D eigenvalue weighted by atomic mass is 9.93. The molecular weight excluding hydrogens is 260 g/mol. The van der Waals surface area contributed by atoms with Crippen LogP contribution in [-0.2, 0) is 0 Å². The first-order chi connectivity index (χ1) is 10.2. The van der Waals surface area contributed by atoms with Crippen molar-refractivity contribution in [3.63, 3.8) is 0 Å². The van der Waals surface area contributed by atoms with E-state index in [1.165, 1.54) is 23.3 Å². The molecule has 0 fully saturated rings. The average Bonchev–Trinajstić information content (AvgIpc) is 2.79. The molecule has 0 atom stereocenters. The minimum absolute atomic E-state index is 0.0988. The molecule has 1 aromatic rings. The summed E-state index contributed by atoms with van der Waals surface area (Å²) in [6, 6.07) is 3.68. The third kappa shape index (κ3) is 1.96. The van der Waals surface area contributed by atoms with Gasteiger partial charge in [0, 0.05) is 11.1 Å². The predicted molar refractivity (Wildman–Crippen MR) is 82.3 cm³/mol. The van der Waals surface area contributed by atoms with Crippen molar-refractivity contribution in [3.05, 3.63) is 81.3 Å². The van der Waals surface area contributed by atoms with Crippen molar-refractivity contribution in [1.82, 2.24) is 0 Å². The van der Waals surface area contributed by atoms with Crippen LogP contribution in [0.1, 0.15) is 27.1 Å². The Morgan fingerprint density at radius 3 is 1.67 bits per heavy atom. The van der Waals surface area contributed by atoms with Crippen LogP contribution >= 0.6 is 0 Å². The first-order valence-electron chi connectivity index (χ1n) is 6.91. The smallest absolute Gasteiger partial charge is 0.186 e. The highest BCUT2D eigenvalue weighted by Crippen LogP contribution is 2.19. The summed E-state index contributed by atoms with van der Waals surface area (Å²) in [5.74, 6) is -0.198. The van der Waals surface area contributed by atoms with E-state index in [0.29, 0.717) is 11.1 Å². The van der Waals surface area contributed by atoms with Crippen LogP contribution in [0.2, 0.25) is 0 Å². The fourth-order valence-electron chi connectivity index (χ4n) is 2.93. The highest BCUT2D eigenvalue weighted by Gasteiger charge is 2.19. The van der Waals surface area contributed by atoms with Crippen LogP contribution in [-0.4, -0.2) is 11.6 Å². The van der Waals surface area contributed by atoms with Gasteiger partial charge in [-0.2, -0.15) is 0 Å². The summed E-state index contributed by atoms with van der Waals surface area (Å²) in [6.45, 7) is 0. The molecule has 0 saturated heterocycles. The molecule has 2 heteroatoms. The molecule has 0 spiro atoms. The van der Waals surface area contributed by atoms with E-state index >= 15 is 0 Å². The van der Waals surface area contributed by atoms with E-state index in [1.54, 1.807) is 0 Å². The summed E-state index contributed by atoms with van der Waals surface area (Å²) in [6.07, 6.45) is 16.0. The van der Waals surface area contributed by atoms with Gasteiger partial charge in [0.05, 0.1) is 0 Å². The van der Waals surface area contributed by atoms with E-state index < -0.39 is 0 Å². The molecule has 0 unspecified atom stereocenters. The van der Waals surface area contributed by atoms with Crippen LogP contribution in [0.15, 0.2) is 59.7 Å². The molecule has 100 valence electrons. The Bertz CT molecular complexity index is 860. The van der Waals surface area contributed by atoms with Gasteiger partial charge in [-0.15, -0.1) is 0 Å². The SMILES string of the molecule is O=C1C=CC(=O)c2cc3c(cc21)=CC1=CC=CC=C(C=3)C1. The van der Waals surface area contributed by atoms with Gasteiger partial charge in [-0.05, 0) is 52.3 Å². The number of carbonyl (C=O) groups excluding carboxylic acids is 2. The standard InChI is InChI=1S/C19H12O2/c20-18-5-6-19(21)17-11-15-9-13-4-2-1-3-12(7-13)8-14(15)10-16(17)18/h1-6,8-11H,7H2. The second-order valence-corrected chi connectivity index (χ2v) is 5.42. The van der Waals surface area contributed by atoms with E-state index in [0.717, 1.165) is 16.9 Å². The lowest BCUT2D eigenvalue weighted by Crippen LogP contribution is -2.29. The maximum atomic E-state index is 12.0. The molecule has 2 bridgehead atoms. The molecule has 3 aliphatic rings. The van der Waals surface area contributed by atoms with E-state index in [9.17, 15) is 9.59 Å². The highest BCUT2D eigenvalue weighted by molar-refractivity contribution is 6.22. The van der Waals surface area contributed by atoms with Crippen LogP contribution in [0.5, 0.6) is 0 Å². The van der Waals surface area contributed by atoms with Gasteiger partial charge < -0.3 is 0 Å². The molecule has 1 aromatic carbocycles. The van der Waals surface area contributed by atoms with Gasteiger partial charge in [-0.25, -0.2) is 0 Å². The number of fused-ring (bicyclic) bond motifs is 4. The Labute approximate surface area is 121 Å². The van der Waals surface area contributed by atoms with E-state index in [2.05, 4.69) is 24.3 Å². The second-order valence-electron chi connectivity index (χ2n) is 5.42. The molecular formula is C19H12O2. The molecule has 2 nitrogen and oxygen atoms in total. The number of ketones is 2. The van der Waals surface area contributed by atoms with E-state index in [4.69, 9.17) is 0 Å². The lowest BCUT2D eigenvalue weighted by molar-refractivity contribution is 0.0994. The number of benzene rings is 1. The van der Waals surface area contributed by atoms with E-state index in [1.807, 2.05) is 24.3 Å². The molecule has 0 aromatic heterocycles. The zero-order valence-electron chi connectivity index (χ0n) is 11.3. The summed E-state index contributed by atoms with van der Waals surface area (Å²) >= 11 is 0. The lowest BCUT2D eigenvalue weighted by Gasteiger charge is -2.08. The molecule has 0 saturated carbocycles. The summed E-state index contributed by atoms with van der Waals surface area (Å²) in [5, 5.41) is 1.99. The van der Waals surface area contributed by atoms with Crippen molar-refractivity contribution in [2.75, 3.05) is 0 Å². The van der Waals surface area contributed by atoms with Crippen molar-refractivity contribution in [1.29, 1.82) is 0 Å². The number of hydrogen-bond donors (Lipinski definition) is 0. The first kappa shape index (κ1) is 12.0. The van der Waals surface area contributed by atoms with Gasteiger partial charge in [0.15, 0.2) is 11.6 Å². The zero-order chi connectivity index (χ0) is 14.4. The summed E-state index contributed by atoms with van der Waals surface area (Å²) < 4.78 is 0. The molecule has 3 aliphatic carbocycles. The van der Waals surface area contributed by atoms with Crippen LogP contribution in [0.25, 0.3) is 12.2 Å². The minimum Gasteiger partial charge on any atom is -0.289 e. The fourth-order valence-corrected chi connectivity index (χ4v) is 2.93. The van der Waals surface area contributed by atoms with E-state index in [-0.39, 0.29) is 11.6 Å². The number of rotatable bonds is 0. The summed E-state index contributed by atoms with van der Waals surface area (Å²) in [5.41, 5.74) is 3.42.